The van der Waals surface area contributed by atoms with Crippen molar-refractivity contribution in [3.63, 3.8) is 0 Å². The number of carbonyl (C=O) groups excluding carboxylic acids is 1. The van der Waals surface area contributed by atoms with Crippen LogP contribution in [0, 0.1) is 6.92 Å². The Morgan fingerprint density at radius 2 is 1.89 bits per heavy atom. The summed E-state index contributed by atoms with van der Waals surface area (Å²) in [4.78, 5) is 17.2. The van der Waals surface area contributed by atoms with Gasteiger partial charge in [-0.05, 0) is 63.6 Å². The zero-order chi connectivity index (χ0) is 20.3. The summed E-state index contributed by atoms with van der Waals surface area (Å²) in [6.45, 7) is 7.96. The summed E-state index contributed by atoms with van der Waals surface area (Å²) in [5, 5.41) is 16.6. The molecular weight excluding hydrogens is 352 g/mol. The molecule has 2 aromatic heterocycles. The predicted molar refractivity (Wildman–Crippen MR) is 110 cm³/mol. The molecule has 1 amide bonds. The summed E-state index contributed by atoms with van der Waals surface area (Å²) < 4.78 is 1.93. The van der Waals surface area contributed by atoms with Crippen molar-refractivity contribution in [2.24, 2.45) is 0 Å². The fourth-order valence-electron chi connectivity index (χ4n) is 2.99. The molecule has 2 N–H and O–H groups in total. The first-order chi connectivity index (χ1) is 13.3. The highest BCUT2D eigenvalue weighted by atomic mass is 16.3. The monoisotopic (exact) mass is 378 g/mol. The van der Waals surface area contributed by atoms with Crippen LogP contribution in [0.3, 0.4) is 0 Å². The molecule has 3 aromatic rings. The van der Waals surface area contributed by atoms with Crippen molar-refractivity contribution >= 4 is 5.91 Å². The number of amides is 1. The number of benzene rings is 1. The molecule has 1 unspecified atom stereocenters. The van der Waals surface area contributed by atoms with Crippen LogP contribution in [0.1, 0.15) is 42.7 Å². The Bertz CT molecular complexity index is 959. The van der Waals surface area contributed by atoms with Crippen LogP contribution in [0.2, 0.25) is 0 Å². The van der Waals surface area contributed by atoms with E-state index in [1.54, 1.807) is 13.1 Å². The summed E-state index contributed by atoms with van der Waals surface area (Å²) >= 11 is 0. The molecule has 0 aliphatic rings. The number of aryl methyl sites for hydroxylation is 1. The number of nitrogens with zero attached hydrogens (tertiary/aromatic N) is 3. The quantitative estimate of drug-likeness (QED) is 0.687. The normalized spacial score (nSPS) is 12.2. The number of aliphatic hydroxyl groups is 1. The van der Waals surface area contributed by atoms with E-state index >= 15 is 0 Å². The van der Waals surface area contributed by atoms with Gasteiger partial charge in [-0.25, -0.2) is 0 Å². The third-order valence-corrected chi connectivity index (χ3v) is 4.42. The molecule has 146 valence electrons. The van der Waals surface area contributed by atoms with Gasteiger partial charge in [-0.2, -0.15) is 5.10 Å². The van der Waals surface area contributed by atoms with Crippen LogP contribution in [0.15, 0.2) is 48.8 Å². The lowest BCUT2D eigenvalue weighted by molar-refractivity contribution is 0.0924. The Labute approximate surface area is 165 Å². The third kappa shape index (κ3) is 4.46. The number of aliphatic hydroxyl groups excluding tert-OH is 1. The van der Waals surface area contributed by atoms with Crippen molar-refractivity contribution in [3.05, 3.63) is 59.9 Å². The molecule has 0 spiro atoms. The summed E-state index contributed by atoms with van der Waals surface area (Å²) in [5.74, 6) is -0.230. The maximum atomic E-state index is 12.7. The van der Waals surface area contributed by atoms with E-state index < -0.39 is 6.10 Å². The fourth-order valence-corrected chi connectivity index (χ4v) is 2.99. The number of pyridine rings is 1. The van der Waals surface area contributed by atoms with Gasteiger partial charge < -0.3 is 10.4 Å². The van der Waals surface area contributed by atoms with Crippen molar-refractivity contribution in [3.8, 4) is 22.5 Å². The molecule has 0 radical (unpaired) electrons. The highest BCUT2D eigenvalue weighted by Crippen LogP contribution is 2.29. The Balaban J connectivity index is 2.09. The topological polar surface area (TPSA) is 80.0 Å². The second-order valence-electron chi connectivity index (χ2n) is 7.33. The van der Waals surface area contributed by atoms with E-state index in [2.05, 4.69) is 29.2 Å². The minimum atomic E-state index is -0.604. The van der Waals surface area contributed by atoms with Crippen LogP contribution in [-0.4, -0.2) is 38.4 Å². The number of nitrogens with one attached hydrogen (secondary N) is 1. The maximum Gasteiger partial charge on any atom is 0.251 e. The molecule has 0 saturated heterocycles. The first kappa shape index (κ1) is 19.8. The second kappa shape index (κ2) is 8.35. The van der Waals surface area contributed by atoms with Gasteiger partial charge in [-0.1, -0.05) is 6.07 Å². The predicted octanol–water partition coefficient (Wildman–Crippen LogP) is 3.61. The molecule has 3 rings (SSSR count). The fraction of sp³-hybridized carbons (Fsp3) is 0.318. The Morgan fingerprint density at radius 1 is 1.14 bits per heavy atom. The van der Waals surface area contributed by atoms with Crippen molar-refractivity contribution in [2.75, 3.05) is 6.54 Å². The standard InChI is InChI=1S/C22H26N4O2/c1-14(2)26-21(7-8-25-26)18-9-17(20-6-5-15(3)12-23-20)10-19(11-18)22(28)24-13-16(4)27/h5-12,14,16,27H,13H2,1-4H3,(H,24,28). The molecule has 0 aliphatic carbocycles. The number of carbonyl (C=O) groups is 1. The minimum Gasteiger partial charge on any atom is -0.392 e. The van der Waals surface area contributed by atoms with Crippen LogP contribution in [0.4, 0.5) is 0 Å². The lowest BCUT2D eigenvalue weighted by atomic mass is 10.00. The third-order valence-electron chi connectivity index (χ3n) is 4.42. The van der Waals surface area contributed by atoms with Gasteiger partial charge in [-0.3, -0.25) is 14.5 Å². The second-order valence-corrected chi connectivity index (χ2v) is 7.33. The molecule has 28 heavy (non-hydrogen) atoms. The molecular formula is C22H26N4O2. The van der Waals surface area contributed by atoms with Gasteiger partial charge in [0.15, 0.2) is 0 Å². The lowest BCUT2D eigenvalue weighted by Gasteiger charge is -2.14. The van der Waals surface area contributed by atoms with Crippen LogP contribution >= 0.6 is 0 Å². The number of rotatable bonds is 6. The molecule has 0 fully saturated rings. The summed E-state index contributed by atoms with van der Waals surface area (Å²) in [6, 6.07) is 11.8. The number of hydrogen-bond donors (Lipinski definition) is 2. The minimum absolute atomic E-state index is 0.193. The van der Waals surface area contributed by atoms with Crippen LogP contribution < -0.4 is 5.32 Å². The summed E-state index contributed by atoms with van der Waals surface area (Å²) in [5.41, 5.74) is 5.09. The van der Waals surface area contributed by atoms with E-state index in [9.17, 15) is 9.90 Å². The molecule has 1 aromatic carbocycles. The van der Waals surface area contributed by atoms with E-state index in [1.807, 2.05) is 54.2 Å². The molecule has 1 atom stereocenters. The Morgan fingerprint density at radius 3 is 2.54 bits per heavy atom. The SMILES string of the molecule is Cc1ccc(-c2cc(C(=O)NCC(C)O)cc(-c3ccnn3C(C)C)c2)nc1. The molecule has 0 bridgehead atoms. The van der Waals surface area contributed by atoms with E-state index in [0.29, 0.717) is 5.56 Å². The van der Waals surface area contributed by atoms with E-state index in [0.717, 1.165) is 28.1 Å². The molecule has 6 nitrogen and oxygen atoms in total. The highest BCUT2D eigenvalue weighted by Gasteiger charge is 2.15. The van der Waals surface area contributed by atoms with Gasteiger partial charge in [0, 0.05) is 41.7 Å². The summed E-state index contributed by atoms with van der Waals surface area (Å²) in [7, 11) is 0. The van der Waals surface area contributed by atoms with Gasteiger partial charge in [0.05, 0.1) is 17.5 Å². The first-order valence-electron chi connectivity index (χ1n) is 9.43. The smallest absolute Gasteiger partial charge is 0.251 e. The van der Waals surface area contributed by atoms with Gasteiger partial charge in [-0.15, -0.1) is 0 Å². The molecule has 2 heterocycles. The first-order valence-corrected chi connectivity index (χ1v) is 9.43. The van der Waals surface area contributed by atoms with Crippen molar-refractivity contribution in [2.45, 2.75) is 39.8 Å². The average molecular weight is 378 g/mol. The zero-order valence-electron chi connectivity index (χ0n) is 16.7. The molecule has 0 aliphatic heterocycles. The van der Waals surface area contributed by atoms with Gasteiger partial charge in [0.1, 0.15) is 0 Å². The lowest BCUT2D eigenvalue weighted by Crippen LogP contribution is -2.30. The van der Waals surface area contributed by atoms with Crippen LogP contribution in [-0.2, 0) is 0 Å². The van der Waals surface area contributed by atoms with Crippen molar-refractivity contribution in [1.29, 1.82) is 0 Å². The van der Waals surface area contributed by atoms with Crippen molar-refractivity contribution in [1.82, 2.24) is 20.1 Å². The van der Waals surface area contributed by atoms with Gasteiger partial charge in [0.25, 0.3) is 5.91 Å². The van der Waals surface area contributed by atoms with Gasteiger partial charge >= 0.3 is 0 Å². The number of hydrogen-bond acceptors (Lipinski definition) is 4. The average Bonchev–Trinajstić information content (AvgIpc) is 3.16. The van der Waals surface area contributed by atoms with E-state index in [1.165, 1.54) is 0 Å². The molecule has 0 saturated carbocycles. The van der Waals surface area contributed by atoms with E-state index in [4.69, 9.17) is 0 Å². The highest BCUT2D eigenvalue weighted by molar-refractivity contribution is 5.97. The van der Waals surface area contributed by atoms with Crippen molar-refractivity contribution < 1.29 is 9.90 Å². The Kier molecular flexibility index (Phi) is 5.90. The zero-order valence-corrected chi connectivity index (χ0v) is 16.7. The van der Waals surface area contributed by atoms with Gasteiger partial charge in [0.2, 0.25) is 0 Å². The van der Waals surface area contributed by atoms with E-state index in [-0.39, 0.29) is 18.5 Å². The maximum absolute atomic E-state index is 12.7. The summed E-state index contributed by atoms with van der Waals surface area (Å²) in [6.07, 6.45) is 2.97. The molecule has 6 heteroatoms. The Hall–Kier alpha value is -2.99. The number of aromatic nitrogens is 3. The van der Waals surface area contributed by atoms with Crippen LogP contribution in [0.5, 0.6) is 0 Å². The van der Waals surface area contributed by atoms with Crippen LogP contribution in [0.25, 0.3) is 22.5 Å². The largest absolute Gasteiger partial charge is 0.392 e.